The molecule has 0 saturated carbocycles. The van der Waals surface area contributed by atoms with Gasteiger partial charge in [0.25, 0.3) is 0 Å². The predicted molar refractivity (Wildman–Crippen MR) is 53.8 cm³/mol. The van der Waals surface area contributed by atoms with E-state index in [2.05, 4.69) is 36.7 Å². The Morgan fingerprint density at radius 2 is 1.75 bits per heavy atom. The molecule has 0 heterocycles. The summed E-state index contributed by atoms with van der Waals surface area (Å²) in [5.74, 6) is 0. The number of hydrogen-bond acceptors (Lipinski definition) is 2. The van der Waals surface area contributed by atoms with E-state index in [1.807, 2.05) is 0 Å². The Balaban J connectivity index is 2.82. The Bertz CT molecular complexity index is 88.6. The SMILES string of the molecule is [Li][CH2]CCCOCCCN(C)C. The summed E-state index contributed by atoms with van der Waals surface area (Å²) in [7, 11) is 4.19. The summed E-state index contributed by atoms with van der Waals surface area (Å²) in [5.41, 5.74) is 0. The molecule has 0 spiro atoms. The molecule has 68 valence electrons. The summed E-state index contributed by atoms with van der Waals surface area (Å²) in [6, 6.07) is 0. The maximum atomic E-state index is 5.46. The monoisotopic (exact) mass is 165 g/mol. The second-order valence-electron chi connectivity index (χ2n) is 3.48. The van der Waals surface area contributed by atoms with Gasteiger partial charge < -0.3 is 0 Å². The number of unbranched alkanes of at least 4 members (excludes halogenated alkanes) is 1. The van der Waals surface area contributed by atoms with Crippen LogP contribution >= 0.6 is 0 Å². The van der Waals surface area contributed by atoms with Crippen LogP contribution in [0.25, 0.3) is 0 Å². The van der Waals surface area contributed by atoms with Crippen molar-refractivity contribution in [1.29, 1.82) is 0 Å². The molecule has 0 unspecified atom stereocenters. The van der Waals surface area contributed by atoms with E-state index in [0.29, 0.717) is 0 Å². The van der Waals surface area contributed by atoms with E-state index in [4.69, 9.17) is 4.74 Å². The van der Waals surface area contributed by atoms with Gasteiger partial charge in [-0.25, -0.2) is 0 Å². The molecule has 0 amide bonds. The first kappa shape index (κ1) is 12.5. The number of nitrogens with zero attached hydrogens (tertiary/aromatic N) is 1. The second-order valence-corrected chi connectivity index (χ2v) is 3.48. The first-order valence-corrected chi connectivity index (χ1v) is 5.00. The Morgan fingerprint density at radius 3 is 2.33 bits per heavy atom. The van der Waals surface area contributed by atoms with E-state index in [9.17, 15) is 0 Å². The first-order chi connectivity index (χ1) is 5.77. The van der Waals surface area contributed by atoms with E-state index in [1.165, 1.54) is 17.9 Å². The minimum absolute atomic E-state index is 0.919. The van der Waals surface area contributed by atoms with E-state index in [-0.39, 0.29) is 0 Å². The van der Waals surface area contributed by atoms with Crippen LogP contribution in [0.1, 0.15) is 19.3 Å². The van der Waals surface area contributed by atoms with Crippen molar-refractivity contribution in [3.63, 3.8) is 0 Å². The fourth-order valence-electron chi connectivity index (χ4n) is 1.04. The van der Waals surface area contributed by atoms with Crippen molar-refractivity contribution in [2.75, 3.05) is 33.9 Å². The van der Waals surface area contributed by atoms with Crippen molar-refractivity contribution in [3.05, 3.63) is 0 Å². The molecule has 3 heteroatoms. The summed E-state index contributed by atoms with van der Waals surface area (Å²) < 4.78 is 5.46. The van der Waals surface area contributed by atoms with Gasteiger partial charge in [0.1, 0.15) is 0 Å². The van der Waals surface area contributed by atoms with Gasteiger partial charge in [0, 0.05) is 0 Å². The molecule has 0 radical (unpaired) electrons. The van der Waals surface area contributed by atoms with Crippen LogP contribution in [0.3, 0.4) is 0 Å². The average molecular weight is 165 g/mol. The van der Waals surface area contributed by atoms with Gasteiger partial charge in [-0.05, 0) is 0 Å². The van der Waals surface area contributed by atoms with E-state index < -0.39 is 0 Å². The quantitative estimate of drug-likeness (QED) is 0.397. The van der Waals surface area contributed by atoms with Gasteiger partial charge in [-0.3, -0.25) is 0 Å². The number of rotatable bonds is 8. The van der Waals surface area contributed by atoms with Gasteiger partial charge in [-0.1, -0.05) is 0 Å². The van der Waals surface area contributed by atoms with Crippen LogP contribution in [0, 0.1) is 0 Å². The molecule has 0 aromatic rings. The van der Waals surface area contributed by atoms with Crippen LogP contribution < -0.4 is 0 Å². The summed E-state index contributed by atoms with van der Waals surface area (Å²) in [6.07, 6.45) is 3.67. The molecular formula is C9H20LiNO. The van der Waals surface area contributed by atoms with Crippen LogP contribution in [0.2, 0.25) is 5.09 Å². The zero-order chi connectivity index (χ0) is 9.23. The normalized spacial score (nSPS) is 11.1. The van der Waals surface area contributed by atoms with Crippen LogP contribution in [0.5, 0.6) is 0 Å². The summed E-state index contributed by atoms with van der Waals surface area (Å²) in [4.78, 5) is 2.19. The molecule has 0 atom stereocenters. The molecular weight excluding hydrogens is 145 g/mol. The van der Waals surface area contributed by atoms with Crippen molar-refractivity contribution in [3.8, 4) is 0 Å². The molecule has 0 aliphatic carbocycles. The predicted octanol–water partition coefficient (Wildman–Crippen LogP) is 1.32. The van der Waals surface area contributed by atoms with Crippen molar-refractivity contribution in [2.45, 2.75) is 24.4 Å². The molecule has 0 bridgehead atoms. The van der Waals surface area contributed by atoms with E-state index in [1.54, 1.807) is 0 Å². The van der Waals surface area contributed by atoms with Crippen molar-refractivity contribution >= 4 is 17.7 Å². The van der Waals surface area contributed by atoms with Gasteiger partial charge in [-0.2, -0.15) is 0 Å². The fraction of sp³-hybridized carbons (Fsp3) is 1.00. The van der Waals surface area contributed by atoms with E-state index >= 15 is 0 Å². The zero-order valence-corrected chi connectivity index (χ0v) is 8.81. The zero-order valence-electron chi connectivity index (χ0n) is 8.81. The molecule has 0 rings (SSSR count). The summed E-state index contributed by atoms with van der Waals surface area (Å²) in [5, 5.41) is 1.28. The molecule has 0 aliphatic rings. The standard InChI is InChI=1S/C9H20NO.Li/c1-4-5-8-11-9-6-7-10(2)3;/h1,4-9H2,2-3H3;. The van der Waals surface area contributed by atoms with Gasteiger partial charge >= 0.3 is 85.6 Å². The second kappa shape index (κ2) is 9.60. The molecule has 0 aromatic carbocycles. The molecule has 2 nitrogen and oxygen atoms in total. The maximum absolute atomic E-state index is 5.46. The van der Waals surface area contributed by atoms with E-state index in [0.717, 1.165) is 26.2 Å². The topological polar surface area (TPSA) is 12.5 Å². The molecule has 12 heavy (non-hydrogen) atoms. The number of hydrogen-bond donors (Lipinski definition) is 0. The van der Waals surface area contributed by atoms with Crippen LogP contribution in [0.4, 0.5) is 0 Å². The van der Waals surface area contributed by atoms with Gasteiger partial charge in [0.2, 0.25) is 0 Å². The fourth-order valence-corrected chi connectivity index (χ4v) is 1.04. The van der Waals surface area contributed by atoms with Crippen molar-refractivity contribution < 1.29 is 4.74 Å². The molecule has 0 fully saturated rings. The Hall–Kier alpha value is 0.517. The molecule has 0 N–H and O–H groups in total. The molecule has 0 saturated heterocycles. The average Bonchev–Trinajstić information content (AvgIpc) is 2.02. The van der Waals surface area contributed by atoms with Gasteiger partial charge in [-0.15, -0.1) is 0 Å². The summed E-state index contributed by atoms with van der Waals surface area (Å²) in [6.45, 7) is 3.00. The summed E-state index contributed by atoms with van der Waals surface area (Å²) >= 11 is 2.21. The van der Waals surface area contributed by atoms with Crippen molar-refractivity contribution in [1.82, 2.24) is 4.90 Å². The van der Waals surface area contributed by atoms with Crippen LogP contribution in [0.15, 0.2) is 0 Å². The Kier molecular flexibility index (Phi) is 10.0. The Labute approximate surface area is 85.9 Å². The number of ether oxygens (including phenoxy) is 1. The van der Waals surface area contributed by atoms with Crippen LogP contribution in [-0.2, 0) is 4.74 Å². The minimum atomic E-state index is 0.919. The third-order valence-electron chi connectivity index (χ3n) is 1.79. The van der Waals surface area contributed by atoms with Gasteiger partial charge in [0.15, 0.2) is 0 Å². The third kappa shape index (κ3) is 10.5. The molecule has 0 aromatic heterocycles. The van der Waals surface area contributed by atoms with Crippen molar-refractivity contribution in [2.24, 2.45) is 0 Å². The third-order valence-corrected chi connectivity index (χ3v) is 1.79. The molecule has 0 aliphatic heterocycles. The first-order valence-electron chi connectivity index (χ1n) is 5.00. The Morgan fingerprint density at radius 1 is 1.08 bits per heavy atom. The van der Waals surface area contributed by atoms with Gasteiger partial charge in [0.05, 0.1) is 0 Å². The van der Waals surface area contributed by atoms with Crippen LogP contribution in [-0.4, -0.2) is 56.5 Å².